The average Bonchev–Trinajstić information content (AvgIpc) is 3.06. The Bertz CT molecular complexity index is 897. The van der Waals surface area contributed by atoms with Crippen molar-refractivity contribution in [3.63, 3.8) is 0 Å². The van der Waals surface area contributed by atoms with E-state index >= 15 is 0 Å². The molecular formula is C18H15N5. The highest BCUT2D eigenvalue weighted by Crippen LogP contribution is 2.21. The van der Waals surface area contributed by atoms with Gasteiger partial charge < -0.3 is 5.32 Å². The fourth-order valence-corrected chi connectivity index (χ4v) is 2.42. The van der Waals surface area contributed by atoms with Crippen LogP contribution in [0.25, 0.3) is 5.65 Å². The molecule has 1 aromatic carbocycles. The summed E-state index contributed by atoms with van der Waals surface area (Å²) in [6.07, 6.45) is 8.12. The lowest BCUT2D eigenvalue weighted by Crippen LogP contribution is -2.11. The van der Waals surface area contributed by atoms with Gasteiger partial charge in [0.15, 0.2) is 5.65 Å². The highest BCUT2D eigenvalue weighted by atomic mass is 15.3. The Morgan fingerprint density at radius 2 is 2.04 bits per heavy atom. The standard InChI is InChI=1S/C18H15N5/c1-2-3-9-16-15(12-19)18(23-17(22-16)10-11-21-23)20-13-14-7-5-4-6-8-14/h1,4-8,10-11,20H,3,9,13H2. The van der Waals surface area contributed by atoms with Crippen LogP contribution in [0.1, 0.15) is 23.2 Å². The van der Waals surface area contributed by atoms with E-state index in [9.17, 15) is 5.26 Å². The zero-order chi connectivity index (χ0) is 16.1. The van der Waals surface area contributed by atoms with Gasteiger partial charge in [0.05, 0.1) is 11.9 Å². The molecule has 0 unspecified atom stereocenters. The number of aromatic nitrogens is 3. The molecule has 0 aliphatic rings. The topological polar surface area (TPSA) is 66.0 Å². The first-order chi connectivity index (χ1) is 11.3. The third kappa shape index (κ3) is 3.00. The van der Waals surface area contributed by atoms with Crippen LogP contribution in [0.4, 0.5) is 5.82 Å². The van der Waals surface area contributed by atoms with Crippen molar-refractivity contribution in [2.24, 2.45) is 0 Å². The van der Waals surface area contributed by atoms with E-state index in [2.05, 4.69) is 27.4 Å². The fraction of sp³-hybridized carbons (Fsp3) is 0.167. The number of hydrogen-bond acceptors (Lipinski definition) is 4. The minimum Gasteiger partial charge on any atom is -0.365 e. The van der Waals surface area contributed by atoms with Gasteiger partial charge in [0.1, 0.15) is 17.5 Å². The monoisotopic (exact) mass is 301 g/mol. The molecule has 0 fully saturated rings. The van der Waals surface area contributed by atoms with Gasteiger partial charge in [-0.2, -0.15) is 14.9 Å². The van der Waals surface area contributed by atoms with E-state index in [1.54, 1.807) is 10.7 Å². The van der Waals surface area contributed by atoms with Crippen LogP contribution >= 0.6 is 0 Å². The molecule has 0 atom stereocenters. The first-order valence-corrected chi connectivity index (χ1v) is 7.31. The summed E-state index contributed by atoms with van der Waals surface area (Å²) in [5.41, 5.74) is 3.02. The molecule has 3 aromatic rings. The second-order valence-electron chi connectivity index (χ2n) is 5.04. The number of anilines is 1. The molecule has 5 heteroatoms. The maximum atomic E-state index is 9.57. The van der Waals surface area contributed by atoms with E-state index in [1.807, 2.05) is 36.4 Å². The van der Waals surface area contributed by atoms with Gasteiger partial charge in [0, 0.05) is 25.5 Å². The molecule has 0 saturated heterocycles. The highest BCUT2D eigenvalue weighted by Gasteiger charge is 2.15. The number of nitrogens with one attached hydrogen (secondary N) is 1. The number of fused-ring (bicyclic) bond motifs is 1. The molecule has 23 heavy (non-hydrogen) atoms. The molecule has 2 heterocycles. The zero-order valence-electron chi connectivity index (χ0n) is 12.5. The van der Waals surface area contributed by atoms with Gasteiger partial charge in [-0.3, -0.25) is 0 Å². The summed E-state index contributed by atoms with van der Waals surface area (Å²) in [6.45, 7) is 0.600. The normalized spacial score (nSPS) is 10.2. The summed E-state index contributed by atoms with van der Waals surface area (Å²) in [7, 11) is 0. The molecule has 0 amide bonds. The summed E-state index contributed by atoms with van der Waals surface area (Å²) >= 11 is 0. The Kier molecular flexibility index (Phi) is 4.22. The first-order valence-electron chi connectivity index (χ1n) is 7.31. The number of nitriles is 1. The number of hydrogen-bond donors (Lipinski definition) is 1. The second kappa shape index (κ2) is 6.64. The maximum Gasteiger partial charge on any atom is 0.157 e. The fourth-order valence-electron chi connectivity index (χ4n) is 2.42. The van der Waals surface area contributed by atoms with E-state index in [4.69, 9.17) is 6.42 Å². The van der Waals surface area contributed by atoms with Crippen molar-refractivity contribution in [1.29, 1.82) is 5.26 Å². The van der Waals surface area contributed by atoms with Crippen LogP contribution in [0.15, 0.2) is 42.6 Å². The van der Waals surface area contributed by atoms with E-state index in [0.717, 1.165) is 5.56 Å². The van der Waals surface area contributed by atoms with E-state index in [1.165, 1.54) is 0 Å². The molecule has 0 aliphatic carbocycles. The summed E-state index contributed by atoms with van der Waals surface area (Å²) in [6, 6.07) is 14.0. The van der Waals surface area contributed by atoms with Gasteiger partial charge >= 0.3 is 0 Å². The number of aryl methyl sites for hydroxylation is 1. The second-order valence-corrected chi connectivity index (χ2v) is 5.04. The number of terminal acetylenes is 1. The quantitative estimate of drug-likeness (QED) is 0.736. The van der Waals surface area contributed by atoms with Gasteiger partial charge in [-0.05, 0) is 5.56 Å². The minimum atomic E-state index is 0.493. The van der Waals surface area contributed by atoms with Crippen LogP contribution in [-0.2, 0) is 13.0 Å². The summed E-state index contributed by atoms with van der Waals surface area (Å²) in [5, 5.41) is 17.1. The van der Waals surface area contributed by atoms with E-state index in [0.29, 0.717) is 42.1 Å². The predicted octanol–water partition coefficient (Wildman–Crippen LogP) is 2.78. The smallest absolute Gasteiger partial charge is 0.157 e. The van der Waals surface area contributed by atoms with Crippen LogP contribution < -0.4 is 5.32 Å². The Labute approximate surface area is 134 Å². The third-order valence-electron chi connectivity index (χ3n) is 3.53. The van der Waals surface area contributed by atoms with Crippen LogP contribution in [0.3, 0.4) is 0 Å². The Morgan fingerprint density at radius 3 is 2.78 bits per heavy atom. The molecule has 0 bridgehead atoms. The zero-order valence-corrected chi connectivity index (χ0v) is 12.5. The van der Waals surface area contributed by atoms with Crippen molar-refractivity contribution in [1.82, 2.24) is 14.6 Å². The number of rotatable bonds is 5. The third-order valence-corrected chi connectivity index (χ3v) is 3.53. The molecule has 5 nitrogen and oxygen atoms in total. The summed E-state index contributed by atoms with van der Waals surface area (Å²) < 4.78 is 1.65. The molecule has 0 radical (unpaired) electrons. The van der Waals surface area contributed by atoms with Crippen LogP contribution in [0.2, 0.25) is 0 Å². The van der Waals surface area contributed by atoms with Crippen molar-refractivity contribution in [3.8, 4) is 18.4 Å². The number of benzene rings is 1. The first kappa shape index (κ1) is 14.6. The van der Waals surface area contributed by atoms with Crippen molar-refractivity contribution < 1.29 is 0 Å². The predicted molar refractivity (Wildman–Crippen MR) is 88.6 cm³/mol. The molecule has 0 aliphatic heterocycles. The molecule has 2 aromatic heterocycles. The van der Waals surface area contributed by atoms with Gasteiger partial charge in [0.25, 0.3) is 0 Å². The van der Waals surface area contributed by atoms with Gasteiger partial charge in [-0.15, -0.1) is 12.3 Å². The van der Waals surface area contributed by atoms with Crippen molar-refractivity contribution in [2.75, 3.05) is 5.32 Å². The number of nitrogens with zero attached hydrogens (tertiary/aromatic N) is 4. The van der Waals surface area contributed by atoms with Crippen LogP contribution in [0, 0.1) is 23.7 Å². The molecule has 0 saturated carbocycles. The summed E-state index contributed by atoms with van der Waals surface area (Å²) in [5.74, 6) is 3.25. The van der Waals surface area contributed by atoms with Crippen molar-refractivity contribution in [2.45, 2.75) is 19.4 Å². The van der Waals surface area contributed by atoms with Crippen LogP contribution in [-0.4, -0.2) is 14.6 Å². The molecule has 3 rings (SSSR count). The minimum absolute atomic E-state index is 0.493. The van der Waals surface area contributed by atoms with Gasteiger partial charge in [0.2, 0.25) is 0 Å². The average molecular weight is 301 g/mol. The Hall–Kier alpha value is -3.31. The largest absolute Gasteiger partial charge is 0.365 e. The Balaban J connectivity index is 2.01. The van der Waals surface area contributed by atoms with Crippen molar-refractivity contribution in [3.05, 3.63) is 59.4 Å². The lowest BCUT2D eigenvalue weighted by atomic mass is 10.1. The molecule has 0 spiro atoms. The van der Waals surface area contributed by atoms with E-state index < -0.39 is 0 Å². The van der Waals surface area contributed by atoms with Gasteiger partial charge in [-0.1, -0.05) is 30.3 Å². The highest BCUT2D eigenvalue weighted by molar-refractivity contribution is 5.60. The molecule has 112 valence electrons. The van der Waals surface area contributed by atoms with Crippen LogP contribution in [0.5, 0.6) is 0 Å². The maximum absolute atomic E-state index is 9.57. The molecule has 1 N–H and O–H groups in total. The molecular weight excluding hydrogens is 286 g/mol. The summed E-state index contributed by atoms with van der Waals surface area (Å²) in [4.78, 5) is 4.50. The SMILES string of the molecule is C#CCCc1nc2ccnn2c(NCc2ccccc2)c1C#N. The Morgan fingerprint density at radius 1 is 1.22 bits per heavy atom. The lowest BCUT2D eigenvalue weighted by molar-refractivity contribution is 0.882. The lowest BCUT2D eigenvalue weighted by Gasteiger charge is -2.13. The van der Waals surface area contributed by atoms with Gasteiger partial charge in [-0.25, -0.2) is 4.98 Å². The van der Waals surface area contributed by atoms with E-state index in [-0.39, 0.29) is 0 Å². The van der Waals surface area contributed by atoms with Crippen molar-refractivity contribution >= 4 is 11.5 Å².